The number of rotatable bonds is 4. The number of hydrogen-bond donors (Lipinski definition) is 0. The quantitative estimate of drug-likeness (QED) is 0.203. The molecule has 2 nitrogen and oxygen atoms in total. The van der Waals surface area contributed by atoms with Crippen molar-refractivity contribution < 1.29 is 0 Å². The summed E-state index contributed by atoms with van der Waals surface area (Å²) in [6, 6.07) is 33.9. The number of aryl methyl sites for hydroxylation is 1. The Morgan fingerprint density at radius 2 is 1.33 bits per heavy atom. The molecule has 1 aromatic heterocycles. The highest BCUT2D eigenvalue weighted by atomic mass is 15.1. The normalized spacial score (nSPS) is 16.5. The van der Waals surface area contributed by atoms with Gasteiger partial charge in [0.25, 0.3) is 0 Å². The third-order valence-corrected chi connectivity index (χ3v) is 8.88. The summed E-state index contributed by atoms with van der Waals surface area (Å²) in [6.45, 7) is 2.11. The highest BCUT2D eigenvalue weighted by Crippen LogP contribution is 2.43. The highest BCUT2D eigenvalue weighted by Gasteiger charge is 2.18. The molecule has 8 rings (SSSR count). The maximum atomic E-state index is 4.87. The van der Waals surface area contributed by atoms with Crippen LogP contribution in [0.1, 0.15) is 36.7 Å². The van der Waals surface area contributed by atoms with Crippen LogP contribution < -0.4 is 0 Å². The lowest BCUT2D eigenvalue weighted by Crippen LogP contribution is -2.08. The Balaban J connectivity index is 1.26. The summed E-state index contributed by atoms with van der Waals surface area (Å²) in [7, 11) is 0. The van der Waals surface area contributed by atoms with Gasteiger partial charge in [-0.2, -0.15) is 0 Å². The molecule has 0 spiro atoms. The van der Waals surface area contributed by atoms with Gasteiger partial charge in [-0.1, -0.05) is 121 Å². The van der Waals surface area contributed by atoms with E-state index in [1.165, 1.54) is 60.5 Å². The second-order valence-electron chi connectivity index (χ2n) is 11.4. The average molecular weight is 541 g/mol. The van der Waals surface area contributed by atoms with Crippen molar-refractivity contribution in [1.82, 2.24) is 9.55 Å². The van der Waals surface area contributed by atoms with Crippen LogP contribution in [0.3, 0.4) is 0 Å². The summed E-state index contributed by atoms with van der Waals surface area (Å²) in [6.07, 6.45) is 19.0. The van der Waals surface area contributed by atoms with Crippen molar-refractivity contribution in [2.45, 2.75) is 32.2 Å². The molecule has 0 radical (unpaired) electrons. The SMILES string of the molecule is Cc1nc2ccc(-c3ccc(-c4c5ccccc5c(C5=CCCC=C5)c5ccccc45)cc3)cc2n1C1C=CC=CC1. The molecule has 202 valence electrons. The third-order valence-electron chi connectivity index (χ3n) is 8.88. The van der Waals surface area contributed by atoms with E-state index >= 15 is 0 Å². The van der Waals surface area contributed by atoms with Gasteiger partial charge in [-0.05, 0) is 93.3 Å². The summed E-state index contributed by atoms with van der Waals surface area (Å²) in [5.41, 5.74) is 9.90. The Kier molecular flexibility index (Phi) is 6.00. The Bertz CT molecular complexity index is 2060. The lowest BCUT2D eigenvalue weighted by atomic mass is 9.84. The van der Waals surface area contributed by atoms with Crippen LogP contribution in [0.5, 0.6) is 0 Å². The fraction of sp³-hybridized carbons (Fsp3) is 0.125. The molecule has 1 heterocycles. The van der Waals surface area contributed by atoms with Crippen LogP contribution in [0, 0.1) is 6.92 Å². The van der Waals surface area contributed by atoms with Crippen LogP contribution in [-0.2, 0) is 0 Å². The molecule has 1 atom stereocenters. The summed E-state index contributed by atoms with van der Waals surface area (Å²) in [4.78, 5) is 4.87. The lowest BCUT2D eigenvalue weighted by Gasteiger charge is -2.19. The zero-order chi connectivity index (χ0) is 28.0. The van der Waals surface area contributed by atoms with Gasteiger partial charge in [0, 0.05) is 0 Å². The largest absolute Gasteiger partial charge is 0.321 e. The van der Waals surface area contributed by atoms with Crippen LogP contribution in [0.4, 0.5) is 0 Å². The van der Waals surface area contributed by atoms with Crippen LogP contribution in [0.2, 0.25) is 0 Å². The van der Waals surface area contributed by atoms with E-state index in [1.807, 2.05) is 0 Å². The predicted molar refractivity (Wildman–Crippen MR) is 179 cm³/mol. The monoisotopic (exact) mass is 540 g/mol. The topological polar surface area (TPSA) is 17.8 Å². The first-order valence-corrected chi connectivity index (χ1v) is 15.0. The van der Waals surface area contributed by atoms with E-state index in [1.54, 1.807) is 0 Å². The van der Waals surface area contributed by atoms with Crippen molar-refractivity contribution in [1.29, 1.82) is 0 Å². The van der Waals surface area contributed by atoms with E-state index in [-0.39, 0.29) is 0 Å². The maximum absolute atomic E-state index is 4.87. The molecule has 0 N–H and O–H groups in total. The van der Waals surface area contributed by atoms with Gasteiger partial charge in [0.05, 0.1) is 17.1 Å². The van der Waals surface area contributed by atoms with Crippen molar-refractivity contribution >= 4 is 38.2 Å². The van der Waals surface area contributed by atoms with E-state index in [4.69, 9.17) is 4.98 Å². The summed E-state index contributed by atoms with van der Waals surface area (Å²) >= 11 is 0. The van der Waals surface area contributed by atoms with Crippen molar-refractivity contribution in [3.05, 3.63) is 145 Å². The standard InChI is InChI=1S/C40H32N2/c1-27-41-37-25-24-31(26-38(37)42(27)32-14-6-3-7-15-32)28-20-22-30(23-21-28)40-35-18-10-8-16-33(35)39(29-12-4-2-5-13-29)34-17-9-11-19-36(34)40/h3-4,6-14,16-26,32H,2,5,15H2,1H3. The summed E-state index contributed by atoms with van der Waals surface area (Å²) < 4.78 is 2.38. The maximum Gasteiger partial charge on any atom is 0.107 e. The van der Waals surface area contributed by atoms with Crippen molar-refractivity contribution in [3.8, 4) is 22.3 Å². The van der Waals surface area contributed by atoms with Crippen molar-refractivity contribution in [2.24, 2.45) is 0 Å². The minimum absolute atomic E-state index is 0.307. The Morgan fingerprint density at radius 1 is 0.667 bits per heavy atom. The van der Waals surface area contributed by atoms with E-state index in [0.717, 1.165) is 30.6 Å². The highest BCUT2D eigenvalue weighted by molar-refractivity contribution is 6.19. The molecule has 0 saturated carbocycles. The Labute approximate surface area is 246 Å². The number of fused-ring (bicyclic) bond motifs is 3. The van der Waals surface area contributed by atoms with E-state index in [9.17, 15) is 0 Å². The van der Waals surface area contributed by atoms with Crippen molar-refractivity contribution in [3.63, 3.8) is 0 Å². The van der Waals surface area contributed by atoms with Gasteiger partial charge in [0.2, 0.25) is 0 Å². The lowest BCUT2D eigenvalue weighted by molar-refractivity contribution is 0.607. The van der Waals surface area contributed by atoms with E-state index in [2.05, 4.69) is 145 Å². The molecule has 1 unspecified atom stereocenters. The number of aromatic nitrogens is 2. The van der Waals surface area contributed by atoms with Gasteiger partial charge in [-0.25, -0.2) is 4.98 Å². The molecular weight excluding hydrogens is 508 g/mol. The fourth-order valence-corrected chi connectivity index (χ4v) is 6.95. The minimum Gasteiger partial charge on any atom is -0.321 e. The van der Waals surface area contributed by atoms with Crippen LogP contribution in [0.25, 0.3) is 60.4 Å². The smallest absolute Gasteiger partial charge is 0.107 e. The first kappa shape index (κ1) is 24.8. The van der Waals surface area contributed by atoms with Gasteiger partial charge in [-0.15, -0.1) is 0 Å². The van der Waals surface area contributed by atoms with Crippen molar-refractivity contribution in [2.75, 3.05) is 0 Å². The average Bonchev–Trinajstić information content (AvgIpc) is 3.39. The molecule has 0 aliphatic heterocycles. The van der Waals surface area contributed by atoms with Gasteiger partial charge in [0.15, 0.2) is 0 Å². The zero-order valence-corrected chi connectivity index (χ0v) is 23.8. The Morgan fingerprint density at radius 3 is 1.98 bits per heavy atom. The molecule has 42 heavy (non-hydrogen) atoms. The fourth-order valence-electron chi connectivity index (χ4n) is 6.95. The van der Waals surface area contributed by atoms with Gasteiger partial charge in [-0.3, -0.25) is 0 Å². The molecule has 2 aliphatic rings. The van der Waals surface area contributed by atoms with E-state index < -0.39 is 0 Å². The molecule has 0 saturated heterocycles. The predicted octanol–water partition coefficient (Wildman–Crippen LogP) is 10.8. The molecule has 0 fully saturated rings. The molecule has 2 aliphatic carbocycles. The van der Waals surface area contributed by atoms with Crippen LogP contribution in [-0.4, -0.2) is 9.55 Å². The molecule has 0 bridgehead atoms. The minimum atomic E-state index is 0.307. The second kappa shape index (κ2) is 10.2. The number of hydrogen-bond acceptors (Lipinski definition) is 1. The first-order chi connectivity index (χ1) is 20.8. The second-order valence-corrected chi connectivity index (χ2v) is 11.4. The summed E-state index contributed by atoms with van der Waals surface area (Å²) in [5.74, 6) is 1.06. The third kappa shape index (κ3) is 4.06. The Hall–Kier alpha value is -4.95. The number of allylic oxidation sites excluding steroid dienone is 8. The molecule has 6 aromatic rings. The number of nitrogens with zero attached hydrogens (tertiary/aromatic N) is 2. The number of imidazole rings is 1. The van der Waals surface area contributed by atoms with Gasteiger partial charge < -0.3 is 4.57 Å². The first-order valence-electron chi connectivity index (χ1n) is 15.0. The van der Waals surface area contributed by atoms with Crippen LogP contribution in [0.15, 0.2) is 134 Å². The summed E-state index contributed by atoms with van der Waals surface area (Å²) in [5, 5.41) is 5.23. The molecule has 0 amide bonds. The van der Waals surface area contributed by atoms with Gasteiger partial charge in [0.1, 0.15) is 5.82 Å². The molecule has 2 heteroatoms. The van der Waals surface area contributed by atoms with Crippen LogP contribution >= 0.6 is 0 Å². The zero-order valence-electron chi connectivity index (χ0n) is 23.8. The van der Waals surface area contributed by atoms with E-state index in [0.29, 0.717) is 6.04 Å². The van der Waals surface area contributed by atoms with Gasteiger partial charge >= 0.3 is 0 Å². The number of benzene rings is 5. The molecular formula is C40H32N2. The molecule has 5 aromatic carbocycles.